The van der Waals surface area contributed by atoms with Gasteiger partial charge in [0.2, 0.25) is 0 Å². The van der Waals surface area contributed by atoms with E-state index in [4.69, 9.17) is 5.73 Å². The van der Waals surface area contributed by atoms with Crippen LogP contribution in [-0.4, -0.2) is 31.1 Å². The van der Waals surface area contributed by atoms with E-state index in [1.54, 1.807) is 0 Å². The van der Waals surface area contributed by atoms with Gasteiger partial charge < -0.3 is 10.6 Å². The van der Waals surface area contributed by atoms with Crippen LogP contribution in [0, 0.1) is 5.92 Å². The van der Waals surface area contributed by atoms with Crippen LogP contribution in [-0.2, 0) is 0 Å². The number of hydrogen-bond acceptors (Lipinski definition) is 2. The molecule has 74 valence electrons. The number of nitrogens with two attached hydrogens (primary N) is 1. The zero-order chi connectivity index (χ0) is 9.40. The van der Waals surface area contributed by atoms with E-state index in [1.807, 2.05) is 0 Å². The predicted octanol–water partition coefficient (Wildman–Crippen LogP) is 1.70. The van der Waals surface area contributed by atoms with Gasteiger partial charge in [-0.25, -0.2) is 0 Å². The van der Waals surface area contributed by atoms with E-state index >= 15 is 0 Å². The summed E-state index contributed by atoms with van der Waals surface area (Å²) in [6.45, 7) is 10.9. The van der Waals surface area contributed by atoms with E-state index in [0.29, 0.717) is 0 Å². The standard InChI is InChI=1S/C10H24N2/c1-4-10(3)6-8-12(5-2)9-7-11/h10H,4-9,11H2,1-3H3. The van der Waals surface area contributed by atoms with Crippen molar-refractivity contribution in [3.05, 3.63) is 0 Å². The first-order valence-corrected chi connectivity index (χ1v) is 5.16. The SMILES string of the molecule is CCC(C)CCN(CC)CCN. The normalized spacial score (nSPS) is 13.8. The smallest absolute Gasteiger partial charge is 0.0104 e. The summed E-state index contributed by atoms with van der Waals surface area (Å²) in [4.78, 5) is 2.42. The molecule has 0 heterocycles. The average Bonchev–Trinajstić information content (AvgIpc) is 2.11. The Morgan fingerprint density at radius 1 is 1.25 bits per heavy atom. The van der Waals surface area contributed by atoms with Crippen molar-refractivity contribution in [3.63, 3.8) is 0 Å². The Hall–Kier alpha value is -0.0800. The summed E-state index contributed by atoms with van der Waals surface area (Å²) in [6.07, 6.45) is 2.60. The summed E-state index contributed by atoms with van der Waals surface area (Å²) >= 11 is 0. The maximum Gasteiger partial charge on any atom is 0.0104 e. The van der Waals surface area contributed by atoms with Crippen molar-refractivity contribution in [2.24, 2.45) is 11.7 Å². The van der Waals surface area contributed by atoms with E-state index < -0.39 is 0 Å². The topological polar surface area (TPSA) is 29.3 Å². The van der Waals surface area contributed by atoms with Crippen LogP contribution in [0.1, 0.15) is 33.6 Å². The average molecular weight is 172 g/mol. The lowest BCUT2D eigenvalue weighted by atomic mass is 10.1. The van der Waals surface area contributed by atoms with E-state index in [1.165, 1.54) is 19.4 Å². The number of rotatable bonds is 7. The molecule has 12 heavy (non-hydrogen) atoms. The third-order valence-electron chi connectivity index (χ3n) is 2.53. The molecule has 0 saturated heterocycles. The highest BCUT2D eigenvalue weighted by atomic mass is 15.1. The lowest BCUT2D eigenvalue weighted by Crippen LogP contribution is -2.30. The van der Waals surface area contributed by atoms with E-state index in [9.17, 15) is 0 Å². The first-order valence-electron chi connectivity index (χ1n) is 5.16. The Labute approximate surface area is 77.1 Å². The summed E-state index contributed by atoms with van der Waals surface area (Å²) in [5.41, 5.74) is 5.50. The van der Waals surface area contributed by atoms with Gasteiger partial charge in [-0.15, -0.1) is 0 Å². The van der Waals surface area contributed by atoms with Gasteiger partial charge in [0.15, 0.2) is 0 Å². The van der Waals surface area contributed by atoms with Gasteiger partial charge in [0.25, 0.3) is 0 Å². The lowest BCUT2D eigenvalue weighted by molar-refractivity contribution is 0.272. The van der Waals surface area contributed by atoms with Crippen LogP contribution in [0.3, 0.4) is 0 Å². The van der Waals surface area contributed by atoms with Crippen molar-refractivity contribution < 1.29 is 0 Å². The molecule has 0 spiro atoms. The largest absolute Gasteiger partial charge is 0.329 e. The molecule has 0 bridgehead atoms. The first kappa shape index (κ1) is 11.9. The van der Waals surface area contributed by atoms with Gasteiger partial charge in [-0.05, 0) is 25.4 Å². The van der Waals surface area contributed by atoms with Crippen molar-refractivity contribution in [2.45, 2.75) is 33.6 Å². The fourth-order valence-electron chi connectivity index (χ4n) is 1.22. The quantitative estimate of drug-likeness (QED) is 0.633. The van der Waals surface area contributed by atoms with Crippen molar-refractivity contribution >= 4 is 0 Å². The summed E-state index contributed by atoms with van der Waals surface area (Å²) < 4.78 is 0. The second-order valence-corrected chi connectivity index (χ2v) is 3.53. The van der Waals surface area contributed by atoms with Crippen LogP contribution in [0.25, 0.3) is 0 Å². The lowest BCUT2D eigenvalue weighted by Gasteiger charge is -2.20. The maximum absolute atomic E-state index is 5.50. The third kappa shape index (κ3) is 5.56. The second-order valence-electron chi connectivity index (χ2n) is 3.53. The third-order valence-corrected chi connectivity index (χ3v) is 2.53. The molecule has 0 aromatic heterocycles. The predicted molar refractivity (Wildman–Crippen MR) is 55.2 cm³/mol. The molecule has 1 atom stereocenters. The van der Waals surface area contributed by atoms with Gasteiger partial charge in [-0.2, -0.15) is 0 Å². The Kier molecular flexibility index (Phi) is 7.51. The first-order chi connectivity index (χ1) is 5.74. The number of nitrogens with zero attached hydrogens (tertiary/aromatic N) is 1. The fraction of sp³-hybridized carbons (Fsp3) is 1.00. The van der Waals surface area contributed by atoms with Gasteiger partial charge in [0.1, 0.15) is 0 Å². The fourth-order valence-corrected chi connectivity index (χ4v) is 1.22. The van der Waals surface area contributed by atoms with Crippen LogP contribution in [0.15, 0.2) is 0 Å². The Balaban J connectivity index is 3.43. The minimum absolute atomic E-state index is 0.786. The van der Waals surface area contributed by atoms with E-state index in [-0.39, 0.29) is 0 Å². The molecule has 0 aliphatic rings. The van der Waals surface area contributed by atoms with E-state index in [2.05, 4.69) is 25.7 Å². The van der Waals surface area contributed by atoms with Crippen LogP contribution < -0.4 is 5.73 Å². The molecule has 0 aromatic carbocycles. The minimum atomic E-state index is 0.786. The number of likely N-dealkylation sites (N-methyl/N-ethyl adjacent to an activating group) is 1. The molecule has 2 nitrogen and oxygen atoms in total. The molecule has 0 amide bonds. The van der Waals surface area contributed by atoms with Gasteiger partial charge in [0, 0.05) is 13.1 Å². The molecule has 0 aliphatic heterocycles. The monoisotopic (exact) mass is 172 g/mol. The highest BCUT2D eigenvalue weighted by Crippen LogP contribution is 2.06. The van der Waals surface area contributed by atoms with Crippen molar-refractivity contribution in [2.75, 3.05) is 26.2 Å². The maximum atomic E-state index is 5.50. The molecule has 0 radical (unpaired) electrons. The van der Waals surface area contributed by atoms with Crippen molar-refractivity contribution in [1.29, 1.82) is 0 Å². The molecule has 0 rings (SSSR count). The molecule has 0 saturated carbocycles. The van der Waals surface area contributed by atoms with Crippen molar-refractivity contribution in [3.8, 4) is 0 Å². The van der Waals surface area contributed by atoms with Crippen molar-refractivity contribution in [1.82, 2.24) is 4.90 Å². The molecule has 0 fully saturated rings. The molecule has 1 unspecified atom stereocenters. The van der Waals surface area contributed by atoms with Crippen LogP contribution in [0.4, 0.5) is 0 Å². The summed E-state index contributed by atoms with van der Waals surface area (Å²) in [5.74, 6) is 0.858. The van der Waals surface area contributed by atoms with Crippen LogP contribution in [0.5, 0.6) is 0 Å². The molecule has 0 aromatic rings. The Bertz CT molecular complexity index is 93.8. The molecule has 2 N–H and O–H groups in total. The van der Waals surface area contributed by atoms with Gasteiger partial charge in [0.05, 0.1) is 0 Å². The zero-order valence-corrected chi connectivity index (χ0v) is 8.84. The zero-order valence-electron chi connectivity index (χ0n) is 8.84. The van der Waals surface area contributed by atoms with Crippen LogP contribution >= 0.6 is 0 Å². The highest BCUT2D eigenvalue weighted by molar-refractivity contribution is 4.58. The van der Waals surface area contributed by atoms with Gasteiger partial charge in [-0.1, -0.05) is 27.2 Å². The Morgan fingerprint density at radius 3 is 2.33 bits per heavy atom. The second kappa shape index (κ2) is 7.56. The molecule has 2 heteroatoms. The minimum Gasteiger partial charge on any atom is -0.329 e. The highest BCUT2D eigenvalue weighted by Gasteiger charge is 2.03. The molecular formula is C10H24N2. The summed E-state index contributed by atoms with van der Waals surface area (Å²) in [7, 11) is 0. The molecule has 0 aliphatic carbocycles. The van der Waals surface area contributed by atoms with E-state index in [0.717, 1.165) is 25.6 Å². The summed E-state index contributed by atoms with van der Waals surface area (Å²) in [5, 5.41) is 0. The number of hydrogen-bond donors (Lipinski definition) is 1. The van der Waals surface area contributed by atoms with Crippen LogP contribution in [0.2, 0.25) is 0 Å². The Morgan fingerprint density at radius 2 is 1.92 bits per heavy atom. The van der Waals surface area contributed by atoms with Gasteiger partial charge >= 0.3 is 0 Å². The summed E-state index contributed by atoms with van der Waals surface area (Å²) in [6, 6.07) is 0. The van der Waals surface area contributed by atoms with Gasteiger partial charge in [-0.3, -0.25) is 0 Å². The molecular weight excluding hydrogens is 148 g/mol.